The van der Waals surface area contributed by atoms with Gasteiger partial charge in [0.05, 0.1) is 24.9 Å². The van der Waals surface area contributed by atoms with Crippen molar-refractivity contribution in [1.82, 2.24) is 41.3 Å². The van der Waals surface area contributed by atoms with E-state index in [4.69, 9.17) is 9.47 Å². The molecule has 0 aliphatic carbocycles. The van der Waals surface area contributed by atoms with Crippen LogP contribution in [-0.4, -0.2) is 143 Å². The van der Waals surface area contributed by atoms with E-state index < -0.39 is 63.2 Å². The fraction of sp³-hybridized carbons (Fsp3) is 0.660. The molecule has 71 heavy (non-hydrogen) atoms. The number of carbonyl (C=O) groups is 9. The van der Waals surface area contributed by atoms with Crippen LogP contribution >= 0.6 is 0 Å². The number of hydrogen-bond donors (Lipinski definition) is 7. The number of tetrazole rings is 1. The average molecular weight is 1020 g/mol. The van der Waals surface area contributed by atoms with Crippen LogP contribution in [0.1, 0.15) is 152 Å². The first-order chi connectivity index (χ1) is 33.9. The van der Waals surface area contributed by atoms with Crippen LogP contribution < -0.4 is 20.7 Å². The van der Waals surface area contributed by atoms with Crippen molar-refractivity contribution in [3.8, 4) is 0 Å². The number of ether oxygens (including phenoxy) is 2. The topological polar surface area (TPSA) is 349 Å². The van der Waals surface area contributed by atoms with E-state index in [2.05, 4.69) is 43.5 Å². The second-order valence-electron chi connectivity index (χ2n) is 16.6. The average Bonchev–Trinajstić information content (AvgIpc) is 3.85. The summed E-state index contributed by atoms with van der Waals surface area (Å²) in [5.41, 5.74) is 2.02. The van der Waals surface area contributed by atoms with Gasteiger partial charge in [-0.05, 0) is 63.4 Å². The second kappa shape index (κ2) is 37.8. The Morgan fingerprint density at radius 2 is 1.34 bits per heavy atom. The van der Waals surface area contributed by atoms with Crippen LogP contribution in [0.3, 0.4) is 0 Å². The Labute approximate surface area is 415 Å². The van der Waals surface area contributed by atoms with Crippen molar-refractivity contribution in [2.75, 3.05) is 45.3 Å². The zero-order chi connectivity index (χ0) is 52.9. The van der Waals surface area contributed by atoms with Gasteiger partial charge in [-0.1, -0.05) is 56.7 Å². The number of nitrogens with one attached hydrogen (secondary N) is 5. The van der Waals surface area contributed by atoms with Crippen molar-refractivity contribution in [1.29, 1.82) is 0 Å². The number of aromatic nitrogens is 4. The third-order valence-electron chi connectivity index (χ3n) is 10.5. The number of Topliss-reactive ketones (excluding diaryl/α,β-unsaturated/α-hetero) is 3. The van der Waals surface area contributed by atoms with E-state index in [1.165, 1.54) is 18.4 Å². The van der Waals surface area contributed by atoms with Crippen molar-refractivity contribution in [2.45, 2.75) is 149 Å². The number of carbonyl (C=O) groups excluding carboxylic acids is 7. The summed E-state index contributed by atoms with van der Waals surface area (Å²) in [6.45, 7) is 8.09. The molecule has 0 saturated heterocycles. The fourth-order valence-electron chi connectivity index (χ4n) is 6.44. The van der Waals surface area contributed by atoms with Crippen LogP contribution in [0.4, 0.5) is 0 Å². The lowest BCUT2D eigenvalue weighted by molar-refractivity contribution is -0.145. The predicted molar refractivity (Wildman–Crippen MR) is 258 cm³/mol. The second-order valence-corrected chi connectivity index (χ2v) is 18.5. The van der Waals surface area contributed by atoms with Gasteiger partial charge in [-0.25, -0.2) is 13.2 Å². The van der Waals surface area contributed by atoms with Crippen LogP contribution in [0.5, 0.6) is 0 Å². The number of benzene rings is 1. The van der Waals surface area contributed by atoms with Gasteiger partial charge < -0.3 is 35.6 Å². The van der Waals surface area contributed by atoms with Gasteiger partial charge >= 0.3 is 11.9 Å². The number of nitrogens with zero attached hydrogens (tertiary/aromatic N) is 3. The fourth-order valence-corrected chi connectivity index (χ4v) is 7.51. The Kier molecular flexibility index (Phi) is 33.5. The third-order valence-corrected chi connectivity index (χ3v) is 11.8. The summed E-state index contributed by atoms with van der Waals surface area (Å²) in [6.07, 6.45) is 5.24. The molecular weight excluding hydrogens is 949 g/mol. The molecule has 0 spiro atoms. The van der Waals surface area contributed by atoms with Crippen molar-refractivity contribution >= 4 is 62.9 Å². The van der Waals surface area contributed by atoms with Crippen molar-refractivity contribution in [3.63, 3.8) is 0 Å². The molecule has 0 saturated carbocycles. The van der Waals surface area contributed by atoms with E-state index >= 15 is 0 Å². The van der Waals surface area contributed by atoms with E-state index in [9.17, 15) is 61.8 Å². The maximum absolute atomic E-state index is 12.3. The molecule has 0 aliphatic rings. The van der Waals surface area contributed by atoms with Crippen LogP contribution in [0, 0.1) is 5.92 Å². The molecule has 1 heterocycles. The van der Waals surface area contributed by atoms with E-state index in [-0.39, 0.29) is 101 Å². The molecule has 23 nitrogen and oxygen atoms in total. The van der Waals surface area contributed by atoms with Crippen LogP contribution in [0.2, 0.25) is 0 Å². The highest BCUT2D eigenvalue weighted by Crippen LogP contribution is 2.15. The molecule has 0 fully saturated rings. The predicted octanol–water partition coefficient (Wildman–Crippen LogP) is 2.97. The molecule has 398 valence electrons. The Bertz CT molecular complexity index is 2050. The molecule has 1 aromatic carbocycles. The van der Waals surface area contributed by atoms with Crippen molar-refractivity contribution in [3.05, 3.63) is 41.2 Å². The molecule has 4 amide bonds. The monoisotopic (exact) mass is 1020 g/mol. The molecule has 2 rings (SSSR count). The standard InChI is InChI=1S/C26H41N7O11S.C21H33NO4/c1-2-18(34)11-12-20(26(41)42)28-23(37)13-10-17(25(39)40)16-19(35)6-4-14-27-22(36)9-5-15-45(43,44)31-24(38)8-3-7-21-29-32-33-30-21;1-3-5-7-18-9-11-19(12-10-18)20(23)8-6-13-22-21(24)17-26-16-15-25-14-4-2/h17,20H,2-16H2,1H3,(H,27,36)(H,28,37)(H,31,38)(H,39,40)(H,41,42)(H,29,30,32,33);9-12H,3-8,13-17H2,1-2H3,(H,22,24). The normalized spacial score (nSPS) is 11.8. The number of sulfonamides is 1. The van der Waals surface area contributed by atoms with Gasteiger partial charge in [-0.15, -0.1) is 10.2 Å². The molecule has 2 aromatic rings. The number of H-pyrrole nitrogens is 1. The Morgan fingerprint density at radius 3 is 1.97 bits per heavy atom. The van der Waals surface area contributed by atoms with E-state index in [0.717, 1.165) is 18.4 Å². The summed E-state index contributed by atoms with van der Waals surface area (Å²) in [5.74, 6) is -6.28. The van der Waals surface area contributed by atoms with Gasteiger partial charge in [-0.3, -0.25) is 43.1 Å². The molecule has 0 aliphatic heterocycles. The molecule has 2 unspecified atom stereocenters. The van der Waals surface area contributed by atoms with Gasteiger partial charge in [0, 0.05) is 83.0 Å². The summed E-state index contributed by atoms with van der Waals surface area (Å²) in [6, 6.07) is 6.59. The number of aryl methyl sites for hydroxylation is 2. The van der Waals surface area contributed by atoms with Gasteiger partial charge in [0.2, 0.25) is 33.7 Å². The first kappa shape index (κ1) is 63.0. The molecule has 0 radical (unpaired) electrons. The molecule has 24 heteroatoms. The van der Waals surface area contributed by atoms with Crippen molar-refractivity contribution in [2.24, 2.45) is 5.92 Å². The Hall–Kier alpha value is -6.01. The minimum Gasteiger partial charge on any atom is -0.481 e. The number of amides is 4. The van der Waals surface area contributed by atoms with Crippen LogP contribution in [0.25, 0.3) is 0 Å². The van der Waals surface area contributed by atoms with E-state index in [1.54, 1.807) is 6.92 Å². The number of rotatable bonds is 40. The summed E-state index contributed by atoms with van der Waals surface area (Å²) in [5, 5.41) is 39.3. The van der Waals surface area contributed by atoms with E-state index in [1.807, 2.05) is 35.9 Å². The van der Waals surface area contributed by atoms with E-state index in [0.29, 0.717) is 57.9 Å². The highest BCUT2D eigenvalue weighted by molar-refractivity contribution is 7.90. The van der Waals surface area contributed by atoms with Crippen molar-refractivity contribution < 1.29 is 71.3 Å². The lowest BCUT2D eigenvalue weighted by atomic mass is 9.95. The first-order valence-corrected chi connectivity index (χ1v) is 25.9. The van der Waals surface area contributed by atoms with Gasteiger partial charge in [0.15, 0.2) is 11.6 Å². The molecule has 7 N–H and O–H groups in total. The van der Waals surface area contributed by atoms with Crippen LogP contribution in [-0.2, 0) is 70.7 Å². The van der Waals surface area contributed by atoms with Crippen LogP contribution in [0.15, 0.2) is 24.3 Å². The summed E-state index contributed by atoms with van der Waals surface area (Å²) in [7, 11) is -3.93. The summed E-state index contributed by atoms with van der Waals surface area (Å²) >= 11 is 0. The maximum atomic E-state index is 12.3. The summed E-state index contributed by atoms with van der Waals surface area (Å²) in [4.78, 5) is 106. The highest BCUT2D eigenvalue weighted by atomic mass is 32.2. The third kappa shape index (κ3) is 32.5. The number of hydrogen-bond acceptors (Lipinski definition) is 16. The Morgan fingerprint density at radius 1 is 0.662 bits per heavy atom. The lowest BCUT2D eigenvalue weighted by Crippen LogP contribution is -2.41. The highest BCUT2D eigenvalue weighted by Gasteiger charge is 2.25. The number of unbranched alkanes of at least 4 members (excludes halogenated alkanes) is 1. The van der Waals surface area contributed by atoms with Gasteiger partial charge in [-0.2, -0.15) is 5.21 Å². The number of carboxylic acids is 2. The number of carboxylic acid groups (broad SMARTS) is 2. The summed E-state index contributed by atoms with van der Waals surface area (Å²) < 4.78 is 36.6. The quantitative estimate of drug-likeness (QED) is 0.0373. The SMILES string of the molecule is CCC(=O)CCC(NC(=O)CCC(CC(=O)CCCNC(=O)CCCS(=O)(=O)NC(=O)CCCc1nn[nH]n1)C(=O)O)C(=O)O.CCCCc1ccc(C(=O)CCCNC(=O)COCCOCCC)cc1. The maximum Gasteiger partial charge on any atom is 0.326 e. The largest absolute Gasteiger partial charge is 0.481 e. The van der Waals surface area contributed by atoms with Gasteiger partial charge in [0.1, 0.15) is 24.2 Å². The minimum atomic E-state index is -3.93. The molecule has 1 aromatic heterocycles. The Balaban J connectivity index is 0.000000820. The zero-order valence-electron chi connectivity index (χ0n) is 41.3. The zero-order valence-corrected chi connectivity index (χ0v) is 42.1. The minimum absolute atomic E-state index is 0.0200. The first-order valence-electron chi connectivity index (χ1n) is 24.2. The molecule has 0 bridgehead atoms. The smallest absolute Gasteiger partial charge is 0.326 e. The number of ketones is 3. The lowest BCUT2D eigenvalue weighted by Gasteiger charge is -2.15. The molecular formula is C47H74N8O15S. The number of aromatic amines is 1. The molecule has 2 atom stereocenters. The number of aliphatic carboxylic acids is 2. The van der Waals surface area contributed by atoms with Gasteiger partial charge in [0.25, 0.3) is 0 Å².